The molecule has 1 atom stereocenters. The summed E-state index contributed by atoms with van der Waals surface area (Å²) >= 11 is 0. The smallest absolute Gasteiger partial charge is 0.236 e. The van der Waals surface area contributed by atoms with Crippen LogP contribution in [0, 0.1) is 0 Å². The molecule has 0 saturated carbocycles. The highest BCUT2D eigenvalue weighted by atomic mass is 17.1. The maximum absolute atomic E-state index is 10.8. The van der Waals surface area contributed by atoms with Crippen molar-refractivity contribution in [3.63, 3.8) is 0 Å². The molecule has 60 valence electrons. The van der Waals surface area contributed by atoms with Gasteiger partial charge >= 0.3 is 0 Å². The molecule has 0 heterocycles. The number of rotatable bonds is 4. The van der Waals surface area contributed by atoms with Gasteiger partial charge in [0.05, 0.1) is 6.04 Å². The fourth-order valence-corrected chi connectivity index (χ4v) is 0.549. The Morgan fingerprint density at radius 3 is 2.70 bits per heavy atom. The van der Waals surface area contributed by atoms with Crippen molar-refractivity contribution in [3.05, 3.63) is 0 Å². The maximum atomic E-state index is 10.8. The Morgan fingerprint density at radius 1 is 1.70 bits per heavy atom. The van der Waals surface area contributed by atoms with Crippen LogP contribution in [0.5, 0.6) is 0 Å². The van der Waals surface area contributed by atoms with Gasteiger partial charge in [0.25, 0.3) is 0 Å². The normalized spacial score (nSPS) is 12.7. The van der Waals surface area contributed by atoms with E-state index >= 15 is 0 Å². The van der Waals surface area contributed by atoms with Gasteiger partial charge in [-0.2, -0.15) is 0 Å². The summed E-state index contributed by atoms with van der Waals surface area (Å²) in [5, 5.41) is 2.72. The summed E-state index contributed by atoms with van der Waals surface area (Å²) in [5.74, 6) is -0.0616. The van der Waals surface area contributed by atoms with Crippen molar-refractivity contribution in [1.29, 1.82) is 0 Å². The Balaban J connectivity index is 3.22. The second-order valence-electron chi connectivity index (χ2n) is 2.43. The number of carbonyl (C=O) groups is 1. The van der Waals surface area contributed by atoms with Crippen LogP contribution in [0.25, 0.3) is 0 Å². The fourth-order valence-electron chi connectivity index (χ4n) is 0.549. The number of hydrogen-bond donors (Lipinski definition) is 2. The molecular weight excluding hydrogens is 129 g/mol. The first kappa shape index (κ1) is 9.43. The number of unbranched alkanes of at least 4 members (excludes halogenated alkanes) is 1. The van der Waals surface area contributed by atoms with Gasteiger partial charge in [-0.1, -0.05) is 13.3 Å². The second-order valence-corrected chi connectivity index (χ2v) is 2.43. The van der Waals surface area contributed by atoms with Crippen molar-refractivity contribution in [2.75, 3.05) is 6.54 Å². The average Bonchev–Trinajstić information content (AvgIpc) is 1.88. The Morgan fingerprint density at radius 2 is 2.30 bits per heavy atom. The van der Waals surface area contributed by atoms with E-state index in [1.165, 1.54) is 0 Å². The molecular formula is C7H16N2O. The second kappa shape index (κ2) is 5.23. The standard InChI is InChI=1S/C7H16N2O/c1-3-4-5-9-7(10)6(2)8/h6H,3-5,8H2,1-2H3,(H,9,10)/t6-/m0/s1/i10+1. The van der Waals surface area contributed by atoms with Crippen LogP contribution in [0.2, 0.25) is 0 Å². The minimum Gasteiger partial charge on any atom is -0.355 e. The quantitative estimate of drug-likeness (QED) is 0.557. The molecule has 0 saturated heterocycles. The summed E-state index contributed by atoms with van der Waals surface area (Å²) in [6, 6.07) is -0.378. The third kappa shape index (κ3) is 4.32. The molecule has 0 bridgehead atoms. The van der Waals surface area contributed by atoms with Crippen LogP contribution in [0.1, 0.15) is 26.7 Å². The molecule has 1 amide bonds. The fraction of sp³-hybridized carbons (Fsp3) is 0.857. The van der Waals surface area contributed by atoms with E-state index < -0.39 is 0 Å². The number of amides is 1. The first-order valence-electron chi connectivity index (χ1n) is 3.71. The lowest BCUT2D eigenvalue weighted by Gasteiger charge is -2.05. The highest BCUT2D eigenvalue weighted by Gasteiger charge is 2.03. The molecule has 0 aromatic heterocycles. The van der Waals surface area contributed by atoms with E-state index in [-0.39, 0.29) is 11.9 Å². The van der Waals surface area contributed by atoms with Gasteiger partial charge in [0, 0.05) is 6.54 Å². The molecule has 3 heteroatoms. The third-order valence-electron chi connectivity index (χ3n) is 1.24. The molecule has 0 aliphatic heterocycles. The topological polar surface area (TPSA) is 55.1 Å². The van der Waals surface area contributed by atoms with Gasteiger partial charge in [-0.05, 0) is 13.3 Å². The lowest BCUT2D eigenvalue weighted by Crippen LogP contribution is -2.38. The van der Waals surface area contributed by atoms with Crippen LogP contribution in [0.3, 0.4) is 0 Å². The molecule has 3 N–H and O–H groups in total. The third-order valence-corrected chi connectivity index (χ3v) is 1.24. The monoisotopic (exact) mass is 145 g/mol. The van der Waals surface area contributed by atoms with E-state index in [2.05, 4.69) is 12.2 Å². The lowest BCUT2D eigenvalue weighted by molar-refractivity contribution is -0.121. The van der Waals surface area contributed by atoms with E-state index in [9.17, 15) is 4.79 Å². The van der Waals surface area contributed by atoms with Crippen molar-refractivity contribution in [1.82, 2.24) is 5.32 Å². The molecule has 0 aromatic carbocycles. The highest BCUT2D eigenvalue weighted by molar-refractivity contribution is 5.80. The highest BCUT2D eigenvalue weighted by Crippen LogP contribution is 1.83. The van der Waals surface area contributed by atoms with Crippen molar-refractivity contribution in [3.8, 4) is 0 Å². The molecule has 0 rings (SSSR count). The van der Waals surface area contributed by atoms with Crippen LogP contribution in [-0.4, -0.2) is 18.5 Å². The predicted molar refractivity (Wildman–Crippen MR) is 41.6 cm³/mol. The van der Waals surface area contributed by atoms with Gasteiger partial charge in [0.2, 0.25) is 5.91 Å². The van der Waals surface area contributed by atoms with Crippen LogP contribution >= 0.6 is 0 Å². The Bertz CT molecular complexity index is 102. The van der Waals surface area contributed by atoms with Gasteiger partial charge in [-0.15, -0.1) is 0 Å². The van der Waals surface area contributed by atoms with Crippen LogP contribution in [-0.2, 0) is 4.79 Å². The first-order chi connectivity index (χ1) is 4.68. The summed E-state index contributed by atoms with van der Waals surface area (Å²) in [6.45, 7) is 4.51. The molecule has 10 heavy (non-hydrogen) atoms. The van der Waals surface area contributed by atoms with Gasteiger partial charge in [-0.3, -0.25) is 4.79 Å². The zero-order valence-corrected chi connectivity index (χ0v) is 6.68. The Labute approximate surface area is 62.0 Å². The average molecular weight is 145 g/mol. The number of carbonyl (C=O) groups excluding carboxylic acids is 1. The molecule has 3 nitrogen and oxygen atoms in total. The van der Waals surface area contributed by atoms with Crippen molar-refractivity contribution in [2.24, 2.45) is 5.73 Å². The summed E-state index contributed by atoms with van der Waals surface area (Å²) < 4.78 is 0. The van der Waals surface area contributed by atoms with Gasteiger partial charge in [0.15, 0.2) is 0 Å². The summed E-state index contributed by atoms with van der Waals surface area (Å²) in [5.41, 5.74) is 5.31. The van der Waals surface area contributed by atoms with E-state index in [1.54, 1.807) is 6.92 Å². The Hall–Kier alpha value is -0.570. The van der Waals surface area contributed by atoms with E-state index in [1.807, 2.05) is 0 Å². The molecule has 0 radical (unpaired) electrons. The SMILES string of the molecule is CCCCNC(=[17O])[C@H](C)N. The molecule has 0 aliphatic carbocycles. The van der Waals surface area contributed by atoms with Gasteiger partial charge in [-0.25, -0.2) is 0 Å². The van der Waals surface area contributed by atoms with Gasteiger partial charge < -0.3 is 11.1 Å². The lowest BCUT2D eigenvalue weighted by atomic mass is 10.3. The van der Waals surface area contributed by atoms with Crippen LogP contribution in [0.15, 0.2) is 0 Å². The van der Waals surface area contributed by atoms with Gasteiger partial charge in [0.1, 0.15) is 0 Å². The van der Waals surface area contributed by atoms with Crippen molar-refractivity contribution < 1.29 is 4.79 Å². The summed E-state index contributed by atoms with van der Waals surface area (Å²) in [4.78, 5) is 10.8. The number of nitrogens with two attached hydrogens (primary N) is 1. The number of nitrogens with one attached hydrogen (secondary N) is 1. The molecule has 0 spiro atoms. The van der Waals surface area contributed by atoms with E-state index in [0.717, 1.165) is 19.4 Å². The molecule has 0 unspecified atom stereocenters. The van der Waals surface area contributed by atoms with Crippen LogP contribution < -0.4 is 11.1 Å². The van der Waals surface area contributed by atoms with Crippen molar-refractivity contribution >= 4 is 5.91 Å². The van der Waals surface area contributed by atoms with E-state index in [0.29, 0.717) is 0 Å². The predicted octanol–water partition coefficient (Wildman–Crippen LogP) is 0.250. The largest absolute Gasteiger partial charge is 0.355 e. The van der Waals surface area contributed by atoms with E-state index in [4.69, 9.17) is 5.73 Å². The minimum atomic E-state index is -0.378. The minimum absolute atomic E-state index is 0.0616. The first-order valence-corrected chi connectivity index (χ1v) is 3.71. The molecule has 0 fully saturated rings. The Kier molecular flexibility index (Phi) is 4.94. The number of hydrogen-bond acceptors (Lipinski definition) is 2. The molecule has 0 aliphatic rings. The zero-order chi connectivity index (χ0) is 7.98. The maximum Gasteiger partial charge on any atom is 0.236 e. The summed E-state index contributed by atoms with van der Waals surface area (Å²) in [6.07, 6.45) is 2.12. The summed E-state index contributed by atoms with van der Waals surface area (Å²) in [7, 11) is 0. The van der Waals surface area contributed by atoms with Crippen LogP contribution in [0.4, 0.5) is 0 Å². The van der Waals surface area contributed by atoms with Crippen molar-refractivity contribution in [2.45, 2.75) is 32.7 Å². The zero-order valence-electron chi connectivity index (χ0n) is 6.68. The molecule has 0 aromatic rings.